The Labute approximate surface area is 150 Å². The summed E-state index contributed by atoms with van der Waals surface area (Å²) in [4.78, 5) is 24.0. The Balaban J connectivity index is 2.37. The highest BCUT2D eigenvalue weighted by atomic mass is 19.1. The molecular weight excluding hydrogens is 341 g/mol. The van der Waals surface area contributed by atoms with Crippen molar-refractivity contribution in [2.75, 3.05) is 14.2 Å². The summed E-state index contributed by atoms with van der Waals surface area (Å²) >= 11 is 0. The van der Waals surface area contributed by atoms with E-state index in [1.54, 1.807) is 30.3 Å². The lowest BCUT2D eigenvalue weighted by Gasteiger charge is -2.23. The third kappa shape index (κ3) is 4.11. The quantitative estimate of drug-likeness (QED) is 0.792. The van der Waals surface area contributed by atoms with E-state index in [1.807, 2.05) is 0 Å². The van der Waals surface area contributed by atoms with Crippen molar-refractivity contribution in [3.8, 4) is 11.5 Å². The Morgan fingerprint density at radius 1 is 1.08 bits per heavy atom. The molecule has 0 heterocycles. The fourth-order valence-corrected chi connectivity index (χ4v) is 2.55. The minimum Gasteiger partial charge on any atom is -0.493 e. The lowest BCUT2D eigenvalue weighted by Crippen LogP contribution is -2.36. The summed E-state index contributed by atoms with van der Waals surface area (Å²) in [5.41, 5.74) is 0.345. The number of carbonyl (C=O) groups excluding carboxylic acids is 1. The van der Waals surface area contributed by atoms with Gasteiger partial charge < -0.3 is 19.9 Å². The highest BCUT2D eigenvalue weighted by molar-refractivity contribution is 5.95. The van der Waals surface area contributed by atoms with Crippen LogP contribution in [0.3, 0.4) is 0 Å². The lowest BCUT2D eigenvalue weighted by molar-refractivity contribution is -0.142. The molecule has 0 saturated heterocycles. The van der Waals surface area contributed by atoms with Crippen molar-refractivity contribution < 1.29 is 28.6 Å². The molecular formula is C19H20FNO5. The number of hydrogen-bond acceptors (Lipinski definition) is 4. The zero-order chi connectivity index (χ0) is 19.3. The minimum absolute atomic E-state index is 0.153. The van der Waals surface area contributed by atoms with Gasteiger partial charge in [-0.3, -0.25) is 9.59 Å². The standard InChI is InChI=1S/C19H20FNO5/c1-11(19(23)24)17(12-7-5-4-6-8-12)21-18(22)13-9-15(25-2)16(26-3)10-14(13)20/h4-11,17H,1-3H3,(H,21,22)(H,23,24). The Hall–Kier alpha value is -3.09. The van der Waals surface area contributed by atoms with E-state index < -0.39 is 29.7 Å². The van der Waals surface area contributed by atoms with Gasteiger partial charge in [0.05, 0.1) is 31.7 Å². The average Bonchev–Trinajstić information content (AvgIpc) is 2.65. The Morgan fingerprint density at radius 2 is 1.65 bits per heavy atom. The Morgan fingerprint density at radius 3 is 2.19 bits per heavy atom. The molecule has 0 aliphatic rings. The molecule has 0 spiro atoms. The number of hydrogen-bond donors (Lipinski definition) is 2. The van der Waals surface area contributed by atoms with Gasteiger partial charge in [0.25, 0.3) is 5.91 Å². The highest BCUT2D eigenvalue weighted by Crippen LogP contribution is 2.30. The van der Waals surface area contributed by atoms with Crippen LogP contribution in [-0.4, -0.2) is 31.2 Å². The molecule has 0 saturated carbocycles. The van der Waals surface area contributed by atoms with Crippen molar-refractivity contribution in [3.05, 3.63) is 59.4 Å². The molecule has 7 heteroatoms. The monoisotopic (exact) mass is 361 g/mol. The molecule has 0 aliphatic carbocycles. The molecule has 2 aromatic carbocycles. The summed E-state index contributed by atoms with van der Waals surface area (Å²) in [5.74, 6) is -3.18. The van der Waals surface area contributed by atoms with E-state index in [0.717, 1.165) is 6.07 Å². The lowest BCUT2D eigenvalue weighted by atomic mass is 9.94. The molecule has 26 heavy (non-hydrogen) atoms. The molecule has 2 rings (SSSR count). The van der Waals surface area contributed by atoms with Crippen molar-refractivity contribution in [1.82, 2.24) is 5.32 Å². The molecule has 0 aliphatic heterocycles. The van der Waals surface area contributed by atoms with Gasteiger partial charge in [-0.15, -0.1) is 0 Å². The highest BCUT2D eigenvalue weighted by Gasteiger charge is 2.28. The van der Waals surface area contributed by atoms with Crippen molar-refractivity contribution in [3.63, 3.8) is 0 Å². The largest absolute Gasteiger partial charge is 0.493 e. The van der Waals surface area contributed by atoms with Gasteiger partial charge in [0.2, 0.25) is 0 Å². The molecule has 0 bridgehead atoms. The number of halogens is 1. The van der Waals surface area contributed by atoms with Gasteiger partial charge in [0, 0.05) is 6.07 Å². The maximum atomic E-state index is 14.3. The molecule has 2 unspecified atom stereocenters. The van der Waals surface area contributed by atoms with Gasteiger partial charge in [0.15, 0.2) is 11.5 Å². The zero-order valence-corrected chi connectivity index (χ0v) is 14.7. The minimum atomic E-state index is -1.08. The second kappa shape index (κ2) is 8.33. The van der Waals surface area contributed by atoms with Crippen LogP contribution in [0.5, 0.6) is 11.5 Å². The summed E-state index contributed by atoms with van der Waals surface area (Å²) in [6.45, 7) is 1.48. The van der Waals surface area contributed by atoms with Gasteiger partial charge in [-0.25, -0.2) is 4.39 Å². The molecule has 0 fully saturated rings. The predicted octanol–water partition coefficient (Wildman–Crippen LogP) is 3.03. The van der Waals surface area contributed by atoms with Gasteiger partial charge >= 0.3 is 5.97 Å². The zero-order valence-electron chi connectivity index (χ0n) is 14.7. The van der Waals surface area contributed by atoms with Gasteiger partial charge in [-0.1, -0.05) is 30.3 Å². The normalized spacial score (nSPS) is 12.8. The molecule has 2 N–H and O–H groups in total. The number of carboxylic acids is 1. The van der Waals surface area contributed by atoms with E-state index in [1.165, 1.54) is 27.2 Å². The fourth-order valence-electron chi connectivity index (χ4n) is 2.55. The number of ether oxygens (including phenoxy) is 2. The first kappa shape index (κ1) is 19.2. The number of carbonyl (C=O) groups is 2. The van der Waals surface area contributed by atoms with Crippen molar-refractivity contribution >= 4 is 11.9 Å². The second-order valence-corrected chi connectivity index (χ2v) is 5.68. The molecule has 0 radical (unpaired) electrons. The molecule has 1 amide bonds. The average molecular weight is 361 g/mol. The van der Waals surface area contributed by atoms with E-state index in [-0.39, 0.29) is 17.1 Å². The van der Waals surface area contributed by atoms with Crippen LogP contribution in [0.15, 0.2) is 42.5 Å². The van der Waals surface area contributed by atoms with Crippen LogP contribution < -0.4 is 14.8 Å². The van der Waals surface area contributed by atoms with Crippen LogP contribution in [0.2, 0.25) is 0 Å². The SMILES string of the molecule is COc1cc(F)c(C(=O)NC(c2ccccc2)C(C)C(=O)O)cc1OC. The maximum absolute atomic E-state index is 14.3. The van der Waals surface area contributed by atoms with Crippen molar-refractivity contribution in [1.29, 1.82) is 0 Å². The molecule has 2 aromatic rings. The Bertz CT molecular complexity index is 794. The number of amides is 1. The third-order valence-corrected chi connectivity index (χ3v) is 4.05. The Kier molecular flexibility index (Phi) is 6.16. The molecule has 0 aromatic heterocycles. The van der Waals surface area contributed by atoms with E-state index in [4.69, 9.17) is 9.47 Å². The number of rotatable bonds is 7. The van der Waals surface area contributed by atoms with E-state index >= 15 is 0 Å². The molecule has 6 nitrogen and oxygen atoms in total. The number of methoxy groups -OCH3 is 2. The first-order valence-electron chi connectivity index (χ1n) is 7.89. The first-order valence-corrected chi connectivity index (χ1v) is 7.89. The summed E-state index contributed by atoms with van der Waals surface area (Å²) in [7, 11) is 2.73. The van der Waals surface area contributed by atoms with E-state index in [9.17, 15) is 19.1 Å². The van der Waals surface area contributed by atoms with Gasteiger partial charge in [-0.05, 0) is 18.6 Å². The van der Waals surface area contributed by atoms with Crippen molar-refractivity contribution in [2.24, 2.45) is 5.92 Å². The van der Waals surface area contributed by atoms with Crippen LogP contribution >= 0.6 is 0 Å². The second-order valence-electron chi connectivity index (χ2n) is 5.68. The van der Waals surface area contributed by atoms with E-state index in [0.29, 0.717) is 5.56 Å². The molecule has 138 valence electrons. The summed E-state index contributed by atoms with van der Waals surface area (Å²) in [6.07, 6.45) is 0. The topological polar surface area (TPSA) is 84.9 Å². The van der Waals surface area contributed by atoms with E-state index in [2.05, 4.69) is 5.32 Å². The fraction of sp³-hybridized carbons (Fsp3) is 0.263. The maximum Gasteiger partial charge on any atom is 0.308 e. The van der Waals surface area contributed by atoms with Crippen LogP contribution in [0, 0.1) is 11.7 Å². The smallest absolute Gasteiger partial charge is 0.308 e. The summed E-state index contributed by atoms with van der Waals surface area (Å²) in [5, 5.41) is 11.9. The van der Waals surface area contributed by atoms with Crippen LogP contribution in [0.1, 0.15) is 28.9 Å². The number of carboxylic acid groups (broad SMARTS) is 1. The first-order chi connectivity index (χ1) is 12.4. The molecule has 2 atom stereocenters. The van der Waals surface area contributed by atoms with Crippen molar-refractivity contribution in [2.45, 2.75) is 13.0 Å². The van der Waals surface area contributed by atoms with Crippen LogP contribution in [-0.2, 0) is 4.79 Å². The van der Waals surface area contributed by atoms with Gasteiger partial charge in [0.1, 0.15) is 5.82 Å². The summed E-state index contributed by atoms with van der Waals surface area (Å²) < 4.78 is 24.4. The summed E-state index contributed by atoms with van der Waals surface area (Å²) in [6, 6.07) is 10.1. The number of benzene rings is 2. The number of aliphatic carboxylic acids is 1. The van der Waals surface area contributed by atoms with Gasteiger partial charge in [-0.2, -0.15) is 0 Å². The predicted molar refractivity (Wildman–Crippen MR) is 93.0 cm³/mol. The van der Waals surface area contributed by atoms with Crippen LogP contribution in [0.4, 0.5) is 4.39 Å². The number of nitrogens with one attached hydrogen (secondary N) is 1. The van der Waals surface area contributed by atoms with Crippen LogP contribution in [0.25, 0.3) is 0 Å². The third-order valence-electron chi connectivity index (χ3n) is 4.05.